The van der Waals surface area contributed by atoms with Gasteiger partial charge >= 0.3 is 17.1 Å². The Morgan fingerprint density at radius 1 is 0.641 bits per heavy atom. The number of carbonyl (C=O) groups is 1. The summed E-state index contributed by atoms with van der Waals surface area (Å²) in [5, 5.41) is 0. The third kappa shape index (κ3) is 6.03. The molecule has 1 heterocycles. The molecule has 192 valence electrons. The first-order chi connectivity index (χ1) is 18.8. The Morgan fingerprint density at radius 3 is 1.92 bits per heavy atom. The molecule has 2 atom stereocenters. The number of fused-ring (bicyclic) bond motifs is 1. The number of benzene rings is 3. The van der Waals surface area contributed by atoms with Gasteiger partial charge in [0.05, 0.1) is 5.92 Å². The van der Waals surface area contributed by atoms with Crippen molar-refractivity contribution in [1.82, 2.24) is 0 Å². The van der Waals surface area contributed by atoms with E-state index >= 15 is 0 Å². The summed E-state index contributed by atoms with van der Waals surface area (Å²) in [5.41, 5.74) is 5.04. The van der Waals surface area contributed by atoms with Crippen LogP contribution in [0.5, 0.6) is 11.5 Å². The fraction of sp³-hybridized carbons (Fsp3) is 0.114. The summed E-state index contributed by atoms with van der Waals surface area (Å²) < 4.78 is 11.2. The minimum absolute atomic E-state index is 0. The first-order valence-corrected chi connectivity index (χ1v) is 13.0. The van der Waals surface area contributed by atoms with E-state index in [1.165, 1.54) is 0 Å². The van der Waals surface area contributed by atoms with Gasteiger partial charge in [0.1, 0.15) is 0 Å². The summed E-state index contributed by atoms with van der Waals surface area (Å²) in [6.07, 6.45) is 19.0. The molecule has 0 spiro atoms. The Hall–Kier alpha value is -2.81. The van der Waals surface area contributed by atoms with E-state index < -0.39 is 0 Å². The molecule has 39 heavy (non-hydrogen) atoms. The fourth-order valence-electron chi connectivity index (χ4n) is 5.50. The normalized spacial score (nSPS) is 22.3. The smallest absolute Gasteiger partial charge is 0.454 e. The monoisotopic (exact) mass is 552 g/mol. The molecular formula is C35H28FeO3+2. The number of Topliss-reactive ketones (excluding diaryl/α,β-unsaturated/α-hetero) is 1. The number of ketones is 1. The topological polar surface area (TPSA) is 35.5 Å². The molecule has 2 saturated carbocycles. The number of rotatable bonds is 4. The minimum Gasteiger partial charge on any atom is -0.454 e. The van der Waals surface area contributed by atoms with Gasteiger partial charge in [-0.15, -0.1) is 0 Å². The van der Waals surface area contributed by atoms with Gasteiger partial charge in [0.2, 0.25) is 6.79 Å². The number of hydrogen-bond acceptors (Lipinski definition) is 3. The second-order valence-corrected chi connectivity index (χ2v) is 9.53. The van der Waals surface area contributed by atoms with Crippen molar-refractivity contribution in [3.8, 4) is 11.5 Å². The maximum absolute atomic E-state index is 14.3. The fourth-order valence-corrected chi connectivity index (χ4v) is 5.50. The molecule has 3 aliphatic carbocycles. The molecule has 0 N–H and O–H groups in total. The predicted molar refractivity (Wildman–Crippen MR) is 149 cm³/mol. The summed E-state index contributed by atoms with van der Waals surface area (Å²) in [6.45, 7) is 0.237. The van der Waals surface area contributed by atoms with E-state index in [1.54, 1.807) is 0 Å². The van der Waals surface area contributed by atoms with E-state index in [9.17, 15) is 4.79 Å². The van der Waals surface area contributed by atoms with Crippen molar-refractivity contribution in [3.05, 3.63) is 165 Å². The average molecular weight is 552 g/mol. The molecule has 7 rings (SSSR count). The molecule has 4 aliphatic rings. The molecule has 0 saturated heterocycles. The summed E-state index contributed by atoms with van der Waals surface area (Å²) in [5.74, 6) is 2.50. The van der Waals surface area contributed by atoms with E-state index in [1.807, 2.05) is 106 Å². The molecular weight excluding hydrogens is 524 g/mol. The summed E-state index contributed by atoms with van der Waals surface area (Å²) in [4.78, 5) is 14.3. The van der Waals surface area contributed by atoms with Crippen LogP contribution < -0.4 is 9.47 Å². The zero-order valence-electron chi connectivity index (χ0n) is 21.3. The van der Waals surface area contributed by atoms with Crippen LogP contribution in [-0.4, -0.2) is 12.6 Å². The zero-order valence-corrected chi connectivity index (χ0v) is 22.5. The largest absolute Gasteiger partial charge is 2.00 e. The van der Waals surface area contributed by atoms with Gasteiger partial charge in [-0.3, -0.25) is 4.79 Å². The molecule has 3 aromatic carbocycles. The standard InChI is InChI=1S/C30H23O3.C5H5.Fe/c31-30-28(21-11-3-1-4-12-21)24(20-9-7-8-10-20)18-25(29(30)22-13-5-2-6-14-22)23-15-16-26-27(17-23)33-19-32-26;1-2-4-5-3-1;/h1-17,25,29H,18-19H2;1-5H;/q;;+2. The van der Waals surface area contributed by atoms with Crippen molar-refractivity contribution >= 4 is 11.4 Å². The van der Waals surface area contributed by atoms with E-state index in [4.69, 9.17) is 9.47 Å². The maximum atomic E-state index is 14.3. The van der Waals surface area contributed by atoms with Crippen LogP contribution in [0.1, 0.15) is 34.9 Å². The van der Waals surface area contributed by atoms with Crippen molar-refractivity contribution in [2.75, 3.05) is 6.79 Å². The molecule has 0 amide bonds. The summed E-state index contributed by atoms with van der Waals surface area (Å²) in [7, 11) is 0. The zero-order chi connectivity index (χ0) is 25.7. The van der Waals surface area contributed by atoms with Gasteiger partial charge in [-0.2, -0.15) is 0 Å². The Balaban J connectivity index is 0.000000464. The number of hydrogen-bond donors (Lipinski definition) is 0. The first kappa shape index (κ1) is 27.7. The van der Waals surface area contributed by atoms with Crippen molar-refractivity contribution in [1.29, 1.82) is 0 Å². The minimum atomic E-state index is -0.277. The van der Waals surface area contributed by atoms with Gasteiger partial charge in [-0.05, 0) is 93.0 Å². The van der Waals surface area contributed by atoms with E-state index in [0.717, 1.165) is 51.7 Å². The van der Waals surface area contributed by atoms with Crippen LogP contribution in [0.2, 0.25) is 0 Å². The molecule has 1 aliphatic heterocycles. The van der Waals surface area contributed by atoms with Crippen molar-refractivity contribution in [3.63, 3.8) is 0 Å². The Labute approximate surface area is 243 Å². The van der Waals surface area contributed by atoms with Gasteiger partial charge in [0.25, 0.3) is 0 Å². The molecule has 10 radical (unpaired) electrons. The number of carbonyl (C=O) groups excluding carboxylic acids is 1. The van der Waals surface area contributed by atoms with Crippen LogP contribution in [-0.2, 0) is 21.9 Å². The van der Waals surface area contributed by atoms with E-state index in [-0.39, 0.29) is 41.5 Å². The van der Waals surface area contributed by atoms with E-state index in [2.05, 4.69) is 31.0 Å². The van der Waals surface area contributed by atoms with Crippen molar-refractivity contribution in [2.24, 2.45) is 0 Å². The van der Waals surface area contributed by atoms with Gasteiger partial charge in [0.15, 0.2) is 17.3 Å². The second-order valence-electron chi connectivity index (χ2n) is 9.53. The maximum Gasteiger partial charge on any atom is 2.00 e. The Kier molecular flexibility index (Phi) is 9.27. The molecule has 0 bridgehead atoms. The summed E-state index contributed by atoms with van der Waals surface area (Å²) in [6, 6.07) is 26.3. The van der Waals surface area contributed by atoms with Crippen LogP contribution in [0, 0.1) is 63.7 Å². The first-order valence-electron chi connectivity index (χ1n) is 13.0. The molecule has 3 nitrogen and oxygen atoms in total. The number of ether oxygens (including phenoxy) is 2. The third-order valence-electron chi connectivity index (χ3n) is 7.27. The van der Waals surface area contributed by atoms with Gasteiger partial charge in [-0.1, -0.05) is 72.3 Å². The quantitative estimate of drug-likeness (QED) is 0.323. The van der Waals surface area contributed by atoms with Gasteiger partial charge < -0.3 is 9.47 Å². The van der Waals surface area contributed by atoms with E-state index in [0.29, 0.717) is 0 Å². The van der Waals surface area contributed by atoms with Crippen LogP contribution in [0.4, 0.5) is 0 Å². The van der Waals surface area contributed by atoms with Crippen LogP contribution in [0.15, 0.2) is 84.4 Å². The van der Waals surface area contributed by atoms with Crippen LogP contribution in [0.25, 0.3) is 5.57 Å². The van der Waals surface area contributed by atoms with Crippen molar-refractivity contribution < 1.29 is 31.3 Å². The summed E-state index contributed by atoms with van der Waals surface area (Å²) >= 11 is 0. The molecule has 2 unspecified atom stereocenters. The Bertz CT molecular complexity index is 1270. The SMILES string of the molecule is O=C1C(c2ccccc2)=C([C]2[CH][CH][CH][CH]2)CC(c2ccc3c(c2)OCO3)C1c1ccccc1.[CH]1[CH][CH][CH][CH]1.[Fe+2]. The average Bonchev–Trinajstić information content (AvgIpc) is 3.78. The Morgan fingerprint density at radius 2 is 1.26 bits per heavy atom. The molecule has 4 heteroatoms. The van der Waals surface area contributed by atoms with Crippen LogP contribution in [0.3, 0.4) is 0 Å². The molecule has 2 fully saturated rings. The molecule has 0 aromatic heterocycles. The predicted octanol–water partition coefficient (Wildman–Crippen LogP) is 7.13. The number of allylic oxidation sites excluding steroid dienone is 2. The van der Waals surface area contributed by atoms with Crippen LogP contribution >= 0.6 is 0 Å². The van der Waals surface area contributed by atoms with Crippen molar-refractivity contribution in [2.45, 2.75) is 18.3 Å². The third-order valence-corrected chi connectivity index (χ3v) is 7.27. The van der Waals surface area contributed by atoms with Gasteiger partial charge in [0, 0.05) is 17.4 Å². The second kappa shape index (κ2) is 13.0. The molecule has 3 aromatic rings. The van der Waals surface area contributed by atoms with Gasteiger partial charge in [-0.25, -0.2) is 0 Å².